The maximum atomic E-state index is 5.52. The second-order valence-corrected chi connectivity index (χ2v) is 4.70. The minimum Gasteiger partial charge on any atom is -0.468 e. The van der Waals surface area contributed by atoms with E-state index < -0.39 is 0 Å². The number of allylic oxidation sites excluding steroid dienone is 2. The normalized spacial score (nSPS) is 11.2. The number of ether oxygens (including phenoxy) is 2. The van der Waals surface area contributed by atoms with Crippen molar-refractivity contribution in [3.8, 4) is 5.75 Å². The monoisotopic (exact) mass is 286 g/mol. The molecule has 0 atom stereocenters. The van der Waals surface area contributed by atoms with Gasteiger partial charge in [-0.05, 0) is 25.5 Å². The Labute approximate surface area is 118 Å². The number of rotatable bonds is 7. The summed E-state index contributed by atoms with van der Waals surface area (Å²) in [4.78, 5) is 0. The summed E-state index contributed by atoms with van der Waals surface area (Å²) in [6.07, 6.45) is 4.45. The van der Waals surface area contributed by atoms with Crippen LogP contribution in [0.3, 0.4) is 0 Å². The van der Waals surface area contributed by atoms with Crippen LogP contribution in [0.15, 0.2) is 52.5 Å². The Bertz CT molecular complexity index is 396. The molecule has 0 amide bonds. The topological polar surface area (TPSA) is 18.5 Å². The first-order valence-electron chi connectivity index (χ1n) is 5.61. The molecule has 0 spiro atoms. The maximum Gasteiger partial charge on any atom is 0.189 e. The zero-order valence-electron chi connectivity index (χ0n) is 10.2. The van der Waals surface area contributed by atoms with Gasteiger partial charge in [-0.25, -0.2) is 0 Å². The summed E-state index contributed by atoms with van der Waals surface area (Å²) in [7, 11) is 0. The van der Waals surface area contributed by atoms with E-state index in [4.69, 9.17) is 32.7 Å². The van der Waals surface area contributed by atoms with Gasteiger partial charge in [0.05, 0.1) is 6.61 Å². The smallest absolute Gasteiger partial charge is 0.189 e. The van der Waals surface area contributed by atoms with Crippen LogP contribution < -0.4 is 4.74 Å². The highest BCUT2D eigenvalue weighted by atomic mass is 35.5. The van der Waals surface area contributed by atoms with Crippen LogP contribution in [-0.4, -0.2) is 13.4 Å². The fourth-order valence-corrected chi connectivity index (χ4v) is 1.35. The first kappa shape index (κ1) is 15.1. The predicted octanol–water partition coefficient (Wildman–Crippen LogP) is 4.69. The molecule has 0 saturated heterocycles. The molecule has 1 aromatic rings. The van der Waals surface area contributed by atoms with E-state index in [1.165, 1.54) is 0 Å². The van der Waals surface area contributed by atoms with Gasteiger partial charge in [0.25, 0.3) is 0 Å². The highest BCUT2D eigenvalue weighted by molar-refractivity contribution is 6.55. The summed E-state index contributed by atoms with van der Waals surface area (Å²) in [5.74, 6) is 0.801. The molecule has 0 aliphatic carbocycles. The lowest BCUT2D eigenvalue weighted by atomic mass is 10.2. The Morgan fingerprint density at radius 2 is 1.89 bits per heavy atom. The lowest BCUT2D eigenvalue weighted by Crippen LogP contribution is -2.02. The van der Waals surface area contributed by atoms with Gasteiger partial charge in [-0.15, -0.1) is 0 Å². The van der Waals surface area contributed by atoms with E-state index in [0.717, 1.165) is 17.7 Å². The van der Waals surface area contributed by atoms with Crippen LogP contribution in [0.4, 0.5) is 0 Å². The molecule has 0 radical (unpaired) electrons. The van der Waals surface area contributed by atoms with E-state index in [9.17, 15) is 0 Å². The average Bonchev–Trinajstić information content (AvgIpc) is 2.37. The van der Waals surface area contributed by atoms with Gasteiger partial charge in [-0.2, -0.15) is 0 Å². The van der Waals surface area contributed by atoms with Gasteiger partial charge in [-0.3, -0.25) is 0 Å². The van der Waals surface area contributed by atoms with E-state index >= 15 is 0 Å². The summed E-state index contributed by atoms with van der Waals surface area (Å²) in [6, 6.07) is 9.55. The van der Waals surface area contributed by atoms with Crippen LogP contribution >= 0.6 is 23.2 Å². The van der Waals surface area contributed by atoms with Crippen molar-refractivity contribution in [3.63, 3.8) is 0 Å². The second-order valence-electron chi connectivity index (χ2n) is 3.69. The molecule has 4 heteroatoms. The maximum absolute atomic E-state index is 5.52. The molecule has 18 heavy (non-hydrogen) atoms. The Balaban J connectivity index is 2.15. The lowest BCUT2D eigenvalue weighted by Gasteiger charge is -2.05. The molecular weight excluding hydrogens is 271 g/mol. The summed E-state index contributed by atoms with van der Waals surface area (Å²) < 4.78 is 11.0. The highest BCUT2D eigenvalue weighted by Gasteiger charge is 1.91. The molecule has 0 fully saturated rings. The van der Waals surface area contributed by atoms with E-state index in [-0.39, 0.29) is 11.3 Å². The van der Waals surface area contributed by atoms with Crippen molar-refractivity contribution in [2.45, 2.75) is 13.3 Å². The first-order valence-corrected chi connectivity index (χ1v) is 6.36. The molecule has 0 saturated carbocycles. The largest absolute Gasteiger partial charge is 0.468 e. The van der Waals surface area contributed by atoms with Crippen molar-refractivity contribution < 1.29 is 9.47 Å². The third-order valence-electron chi connectivity index (χ3n) is 2.18. The molecule has 1 rings (SSSR count). The van der Waals surface area contributed by atoms with Gasteiger partial charge in [0.15, 0.2) is 6.79 Å². The Morgan fingerprint density at radius 1 is 1.17 bits per heavy atom. The minimum absolute atomic E-state index is 0.236. The molecule has 0 aliphatic heterocycles. The number of hydrogen-bond acceptors (Lipinski definition) is 2. The van der Waals surface area contributed by atoms with Crippen LogP contribution in [0.2, 0.25) is 0 Å². The van der Waals surface area contributed by atoms with E-state index in [1.807, 2.05) is 43.3 Å². The summed E-state index contributed by atoms with van der Waals surface area (Å²) >= 11 is 11.0. The van der Waals surface area contributed by atoms with E-state index in [2.05, 4.69) is 0 Å². The van der Waals surface area contributed by atoms with Crippen molar-refractivity contribution in [2.75, 3.05) is 13.4 Å². The van der Waals surface area contributed by atoms with Gasteiger partial charge in [0.2, 0.25) is 0 Å². The van der Waals surface area contributed by atoms with Gasteiger partial charge in [-0.1, -0.05) is 59.1 Å². The van der Waals surface area contributed by atoms with Crippen LogP contribution in [-0.2, 0) is 4.74 Å². The third kappa shape index (κ3) is 7.38. The Hall–Kier alpha value is -0.960. The molecular formula is C14H16Cl2O2. The fraction of sp³-hybridized carbons (Fsp3) is 0.286. The van der Waals surface area contributed by atoms with E-state index in [1.54, 1.807) is 6.08 Å². The Kier molecular flexibility index (Phi) is 7.58. The van der Waals surface area contributed by atoms with Crippen LogP contribution in [0.5, 0.6) is 5.75 Å². The third-order valence-corrected chi connectivity index (χ3v) is 2.49. The van der Waals surface area contributed by atoms with Crippen LogP contribution in [0, 0.1) is 0 Å². The SMILES string of the molecule is C/C(=C\COCOc1ccccc1)CC=C(Cl)Cl. The number of para-hydroxylation sites is 1. The molecule has 0 unspecified atom stereocenters. The molecule has 0 N–H and O–H groups in total. The van der Waals surface area contributed by atoms with Gasteiger partial charge < -0.3 is 9.47 Å². The lowest BCUT2D eigenvalue weighted by molar-refractivity contribution is 0.0304. The number of hydrogen-bond donors (Lipinski definition) is 0. The molecule has 1 aromatic carbocycles. The summed E-state index contributed by atoms with van der Waals surface area (Å²) in [5.41, 5.74) is 1.15. The fourth-order valence-electron chi connectivity index (χ4n) is 1.20. The van der Waals surface area contributed by atoms with Crippen molar-refractivity contribution in [1.82, 2.24) is 0 Å². The van der Waals surface area contributed by atoms with Gasteiger partial charge in [0, 0.05) is 0 Å². The molecule has 0 aliphatic rings. The zero-order chi connectivity index (χ0) is 13.2. The van der Waals surface area contributed by atoms with Gasteiger partial charge in [0.1, 0.15) is 10.2 Å². The summed E-state index contributed by atoms with van der Waals surface area (Å²) in [6.45, 7) is 2.74. The Morgan fingerprint density at radius 3 is 2.56 bits per heavy atom. The van der Waals surface area contributed by atoms with Crippen molar-refractivity contribution in [3.05, 3.63) is 52.5 Å². The van der Waals surface area contributed by atoms with Crippen molar-refractivity contribution in [2.24, 2.45) is 0 Å². The van der Waals surface area contributed by atoms with Crippen LogP contribution in [0.25, 0.3) is 0 Å². The molecule has 98 valence electrons. The van der Waals surface area contributed by atoms with Crippen LogP contribution in [0.1, 0.15) is 13.3 Å². The number of benzene rings is 1. The standard InChI is InChI=1S/C14H16Cl2O2/c1-12(7-8-14(15)16)9-10-17-11-18-13-5-3-2-4-6-13/h2-6,8-9H,7,10-11H2,1H3/b12-9+. The zero-order valence-corrected chi connectivity index (χ0v) is 11.7. The number of halogens is 2. The highest BCUT2D eigenvalue weighted by Crippen LogP contribution is 2.11. The molecule has 0 heterocycles. The van der Waals surface area contributed by atoms with E-state index in [0.29, 0.717) is 6.61 Å². The molecule has 0 aromatic heterocycles. The van der Waals surface area contributed by atoms with Crippen molar-refractivity contribution in [1.29, 1.82) is 0 Å². The predicted molar refractivity (Wildman–Crippen MR) is 76.1 cm³/mol. The second kappa shape index (κ2) is 9.03. The van der Waals surface area contributed by atoms with Crippen molar-refractivity contribution >= 4 is 23.2 Å². The summed E-state index contributed by atoms with van der Waals surface area (Å²) in [5, 5.41) is 0. The molecule has 0 bridgehead atoms. The minimum atomic E-state index is 0.236. The first-order chi connectivity index (χ1) is 8.68. The average molecular weight is 287 g/mol. The molecule has 2 nitrogen and oxygen atoms in total. The van der Waals surface area contributed by atoms with Gasteiger partial charge >= 0.3 is 0 Å². The quantitative estimate of drug-likeness (QED) is 0.411.